The summed E-state index contributed by atoms with van der Waals surface area (Å²) >= 11 is 0. The molecule has 1 aliphatic heterocycles. The second-order valence-corrected chi connectivity index (χ2v) is 11.8. The van der Waals surface area contributed by atoms with Crippen molar-refractivity contribution in [3.05, 3.63) is 48.3 Å². The van der Waals surface area contributed by atoms with Gasteiger partial charge >= 0.3 is 0 Å². The summed E-state index contributed by atoms with van der Waals surface area (Å²) in [6.07, 6.45) is 4.24. The molecule has 0 spiro atoms. The summed E-state index contributed by atoms with van der Waals surface area (Å²) in [6.45, 7) is 11.6. The van der Waals surface area contributed by atoms with Crippen LogP contribution in [0.25, 0.3) is 5.82 Å². The Kier molecular flexibility index (Phi) is 7.13. The molecule has 0 aliphatic carbocycles. The van der Waals surface area contributed by atoms with Gasteiger partial charge in [-0.05, 0) is 56.4 Å². The lowest BCUT2D eigenvalue weighted by Crippen LogP contribution is -2.44. The minimum atomic E-state index is -4.25. The smallest absolute Gasteiger partial charge is 0.281 e. The minimum Gasteiger partial charge on any atom is -0.490 e. The Labute approximate surface area is 217 Å². The average Bonchev–Trinajstić information content (AvgIpc) is 3.41. The van der Waals surface area contributed by atoms with Crippen LogP contribution in [0.5, 0.6) is 5.75 Å². The van der Waals surface area contributed by atoms with E-state index in [1.807, 2.05) is 4.90 Å². The molecule has 1 atom stereocenters. The number of pyridine rings is 2. The van der Waals surface area contributed by atoms with Crippen molar-refractivity contribution in [3.8, 4) is 11.6 Å². The van der Waals surface area contributed by atoms with E-state index in [0.29, 0.717) is 42.4 Å². The predicted molar refractivity (Wildman–Crippen MR) is 140 cm³/mol. The molecular weight excluding hydrogens is 494 g/mol. The highest BCUT2D eigenvalue weighted by molar-refractivity contribution is 7.90. The number of amides is 1. The maximum atomic E-state index is 13.3. The zero-order valence-electron chi connectivity index (χ0n) is 21.7. The third kappa shape index (κ3) is 5.53. The lowest BCUT2D eigenvalue weighted by molar-refractivity contribution is 0.0981. The van der Waals surface area contributed by atoms with Gasteiger partial charge in [0.25, 0.3) is 15.9 Å². The van der Waals surface area contributed by atoms with E-state index in [1.54, 1.807) is 29.2 Å². The molecule has 0 radical (unpaired) electrons. The Morgan fingerprint density at radius 1 is 1.24 bits per heavy atom. The molecule has 1 fully saturated rings. The number of nitrogens with zero attached hydrogens (tertiary/aromatic N) is 5. The minimum absolute atomic E-state index is 0.0332. The van der Waals surface area contributed by atoms with Gasteiger partial charge in [-0.1, -0.05) is 26.8 Å². The van der Waals surface area contributed by atoms with Crippen LogP contribution in [-0.2, 0) is 10.0 Å². The lowest BCUT2D eigenvalue weighted by Gasteiger charge is -2.36. The Morgan fingerprint density at radius 2 is 2.00 bits per heavy atom. The molecule has 3 aromatic heterocycles. The molecule has 1 unspecified atom stereocenters. The fourth-order valence-corrected chi connectivity index (χ4v) is 5.08. The maximum absolute atomic E-state index is 13.3. The quantitative estimate of drug-likeness (QED) is 0.451. The third-order valence-corrected chi connectivity index (χ3v) is 7.90. The van der Waals surface area contributed by atoms with Crippen LogP contribution in [0.1, 0.15) is 51.4 Å². The van der Waals surface area contributed by atoms with E-state index in [1.165, 1.54) is 18.2 Å². The largest absolute Gasteiger partial charge is 0.490 e. The molecular formula is C25H33N7O4S. The van der Waals surface area contributed by atoms with Crippen LogP contribution in [0.15, 0.2) is 47.8 Å². The van der Waals surface area contributed by atoms with E-state index in [-0.39, 0.29) is 21.9 Å². The molecule has 3 aromatic rings. The number of hydrogen-bond acceptors (Lipinski definition) is 9. The molecule has 12 heteroatoms. The first-order valence-electron chi connectivity index (χ1n) is 12.1. The highest BCUT2D eigenvalue weighted by atomic mass is 32.2. The molecule has 1 saturated heterocycles. The molecule has 0 aromatic carbocycles. The fourth-order valence-electron chi connectivity index (χ4n) is 4.14. The number of carbonyl (C=O) groups excluding carboxylic acids is 1. The standard InChI is InChI=1S/C25H33N7O4S/c1-16(2)15-36-18-13-27-32(14-18)21-10-9-19(23(29-21)31-12-11-17(3)25(31,4)5)24(33)30-37(34,35)22-8-6-7-20(26)28-22/h6-10,13-14,16-17H,11-12,15H2,1-5H3,(H2,26,28)(H,30,33). The number of ether oxygens (including phenoxy) is 1. The van der Waals surface area contributed by atoms with Crippen LogP contribution in [0.2, 0.25) is 0 Å². The summed E-state index contributed by atoms with van der Waals surface area (Å²) in [4.78, 5) is 24.0. The van der Waals surface area contributed by atoms with Crippen LogP contribution in [0, 0.1) is 11.8 Å². The van der Waals surface area contributed by atoms with Gasteiger partial charge < -0.3 is 15.4 Å². The lowest BCUT2D eigenvalue weighted by atomic mass is 9.90. The SMILES string of the molecule is CC(C)COc1cnn(-c2ccc(C(=O)NS(=O)(=O)c3cccc(N)n3)c(N3CCC(C)C3(C)C)n2)c1. The number of hydrogen-bond donors (Lipinski definition) is 2. The summed E-state index contributed by atoms with van der Waals surface area (Å²) in [5.74, 6) is 1.37. The molecule has 4 rings (SSSR count). The number of anilines is 2. The molecule has 1 aliphatic rings. The number of nitrogens with one attached hydrogen (secondary N) is 1. The van der Waals surface area contributed by atoms with Gasteiger partial charge in [0.15, 0.2) is 16.6 Å². The van der Waals surface area contributed by atoms with E-state index in [0.717, 1.165) is 6.42 Å². The Hall–Kier alpha value is -3.67. The van der Waals surface area contributed by atoms with E-state index in [9.17, 15) is 13.2 Å². The van der Waals surface area contributed by atoms with Crippen molar-refractivity contribution in [2.24, 2.45) is 11.8 Å². The number of nitrogen functional groups attached to an aromatic ring is 1. The normalized spacial score (nSPS) is 17.2. The molecule has 198 valence electrons. The average molecular weight is 528 g/mol. The summed E-state index contributed by atoms with van der Waals surface area (Å²) in [6, 6.07) is 7.38. The fraction of sp³-hybridized carbons (Fsp3) is 0.440. The maximum Gasteiger partial charge on any atom is 0.281 e. The summed E-state index contributed by atoms with van der Waals surface area (Å²) in [5.41, 5.74) is 5.44. The zero-order valence-corrected chi connectivity index (χ0v) is 22.5. The van der Waals surface area contributed by atoms with Crippen molar-refractivity contribution in [1.82, 2.24) is 24.5 Å². The van der Waals surface area contributed by atoms with E-state index in [4.69, 9.17) is 15.5 Å². The van der Waals surface area contributed by atoms with Crippen LogP contribution in [0.3, 0.4) is 0 Å². The van der Waals surface area contributed by atoms with Gasteiger partial charge in [-0.25, -0.2) is 19.4 Å². The first-order chi connectivity index (χ1) is 17.4. The van der Waals surface area contributed by atoms with Gasteiger partial charge in [0, 0.05) is 12.1 Å². The molecule has 11 nitrogen and oxygen atoms in total. The van der Waals surface area contributed by atoms with Gasteiger partial charge in [-0.15, -0.1) is 0 Å². The monoisotopic (exact) mass is 527 g/mol. The summed E-state index contributed by atoms with van der Waals surface area (Å²) < 4.78 is 35.2. The molecule has 4 heterocycles. The topological polar surface area (TPSA) is 145 Å². The van der Waals surface area contributed by atoms with Crippen molar-refractivity contribution in [2.75, 3.05) is 23.8 Å². The first-order valence-corrected chi connectivity index (χ1v) is 13.6. The molecule has 3 N–H and O–H groups in total. The molecule has 0 saturated carbocycles. The zero-order chi connectivity index (χ0) is 27.0. The van der Waals surface area contributed by atoms with E-state index < -0.39 is 15.9 Å². The van der Waals surface area contributed by atoms with Crippen molar-refractivity contribution < 1.29 is 17.9 Å². The number of nitrogens with two attached hydrogens (primary N) is 1. The predicted octanol–water partition coefficient (Wildman–Crippen LogP) is 3.02. The number of carbonyl (C=O) groups is 1. The highest BCUT2D eigenvalue weighted by Crippen LogP contribution is 2.39. The second-order valence-electron chi connectivity index (χ2n) is 10.2. The van der Waals surface area contributed by atoms with Crippen molar-refractivity contribution in [3.63, 3.8) is 0 Å². The highest BCUT2D eigenvalue weighted by Gasteiger charge is 2.41. The Morgan fingerprint density at radius 3 is 2.65 bits per heavy atom. The molecule has 1 amide bonds. The van der Waals surface area contributed by atoms with Crippen LogP contribution in [0.4, 0.5) is 11.6 Å². The second kappa shape index (κ2) is 10.0. The molecule has 0 bridgehead atoms. The summed E-state index contributed by atoms with van der Waals surface area (Å²) in [7, 11) is -4.25. The van der Waals surface area contributed by atoms with Crippen LogP contribution < -0.4 is 20.1 Å². The van der Waals surface area contributed by atoms with Gasteiger partial charge in [-0.2, -0.15) is 13.5 Å². The molecule has 37 heavy (non-hydrogen) atoms. The van der Waals surface area contributed by atoms with Gasteiger partial charge in [0.05, 0.1) is 24.6 Å². The number of aromatic nitrogens is 4. The van der Waals surface area contributed by atoms with Crippen LogP contribution in [-0.4, -0.2) is 52.8 Å². The van der Waals surface area contributed by atoms with E-state index >= 15 is 0 Å². The first kappa shape index (κ1) is 26.4. The van der Waals surface area contributed by atoms with Crippen molar-refractivity contribution >= 4 is 27.6 Å². The Bertz CT molecular complexity index is 1400. The van der Waals surface area contributed by atoms with Crippen molar-refractivity contribution in [2.45, 2.75) is 51.6 Å². The van der Waals surface area contributed by atoms with Gasteiger partial charge in [0.1, 0.15) is 11.6 Å². The van der Waals surface area contributed by atoms with Gasteiger partial charge in [-0.3, -0.25) is 4.79 Å². The Balaban J connectivity index is 1.71. The summed E-state index contributed by atoms with van der Waals surface area (Å²) in [5, 5.41) is 4.02. The number of rotatable bonds is 8. The number of sulfonamides is 1. The van der Waals surface area contributed by atoms with Crippen molar-refractivity contribution in [1.29, 1.82) is 0 Å². The van der Waals surface area contributed by atoms with Gasteiger partial charge in [0.2, 0.25) is 0 Å². The third-order valence-electron chi connectivity index (χ3n) is 6.67. The van der Waals surface area contributed by atoms with E-state index in [2.05, 4.69) is 49.4 Å². The van der Waals surface area contributed by atoms with Crippen LogP contribution >= 0.6 is 0 Å².